The average molecular weight is 351 g/mol. The molecule has 5 heteroatoms. The number of hydrogen-bond donors (Lipinski definition) is 1. The van der Waals surface area contributed by atoms with Gasteiger partial charge >= 0.3 is 0 Å². The van der Waals surface area contributed by atoms with Crippen LogP contribution in [0.2, 0.25) is 0 Å². The van der Waals surface area contributed by atoms with Crippen LogP contribution >= 0.6 is 0 Å². The molecule has 1 aliphatic rings. The first-order valence-corrected chi connectivity index (χ1v) is 8.89. The number of rotatable bonds is 5. The molecule has 136 valence electrons. The predicted molar refractivity (Wildman–Crippen MR) is 104 cm³/mol. The predicted octanol–water partition coefficient (Wildman–Crippen LogP) is 2.84. The van der Waals surface area contributed by atoms with Gasteiger partial charge in [0.25, 0.3) is 0 Å². The molecule has 0 saturated heterocycles. The van der Waals surface area contributed by atoms with E-state index < -0.39 is 0 Å². The van der Waals surface area contributed by atoms with E-state index in [2.05, 4.69) is 29.3 Å². The minimum atomic E-state index is -0.195. The number of nitrogens with zero attached hydrogens (tertiary/aromatic N) is 2. The molecule has 0 saturated carbocycles. The summed E-state index contributed by atoms with van der Waals surface area (Å²) in [5.41, 5.74) is 4.26. The quantitative estimate of drug-likeness (QED) is 0.901. The number of carbonyl (C=O) groups excluding carboxylic acids is 2. The van der Waals surface area contributed by atoms with Gasteiger partial charge in [0.15, 0.2) is 0 Å². The summed E-state index contributed by atoms with van der Waals surface area (Å²) in [7, 11) is 1.67. The van der Waals surface area contributed by atoms with Crippen molar-refractivity contribution in [3.63, 3.8) is 0 Å². The Hall–Kier alpha value is -2.82. The van der Waals surface area contributed by atoms with Crippen LogP contribution < -0.4 is 10.2 Å². The Morgan fingerprint density at radius 1 is 1.15 bits per heavy atom. The molecule has 1 atom stereocenters. The highest BCUT2D eigenvalue weighted by Crippen LogP contribution is 2.31. The molecule has 0 aliphatic carbocycles. The molecular formula is C21H25N3O2. The van der Waals surface area contributed by atoms with E-state index in [-0.39, 0.29) is 30.9 Å². The highest BCUT2D eigenvalue weighted by molar-refractivity contribution is 5.95. The van der Waals surface area contributed by atoms with Crippen LogP contribution in [0.4, 0.5) is 11.4 Å². The van der Waals surface area contributed by atoms with Crippen LogP contribution in [0.5, 0.6) is 0 Å². The first kappa shape index (κ1) is 18.0. The second kappa shape index (κ2) is 7.60. The molecule has 0 unspecified atom stereocenters. The fourth-order valence-electron chi connectivity index (χ4n) is 3.28. The van der Waals surface area contributed by atoms with Crippen LogP contribution in [0.25, 0.3) is 0 Å². The fraction of sp³-hybridized carbons (Fsp3) is 0.333. The van der Waals surface area contributed by atoms with Gasteiger partial charge in [0.2, 0.25) is 11.8 Å². The lowest BCUT2D eigenvalue weighted by Crippen LogP contribution is -2.43. The zero-order chi connectivity index (χ0) is 18.7. The fourth-order valence-corrected chi connectivity index (χ4v) is 3.28. The van der Waals surface area contributed by atoms with Crippen molar-refractivity contribution in [1.82, 2.24) is 4.90 Å². The summed E-state index contributed by atoms with van der Waals surface area (Å²) in [5.74, 6) is -0.257. The van der Waals surface area contributed by atoms with E-state index in [0.717, 1.165) is 23.4 Å². The third-order valence-corrected chi connectivity index (χ3v) is 4.80. The van der Waals surface area contributed by atoms with E-state index in [0.29, 0.717) is 0 Å². The Morgan fingerprint density at radius 2 is 1.85 bits per heavy atom. The lowest BCUT2D eigenvalue weighted by Gasteiger charge is -2.27. The second-order valence-corrected chi connectivity index (χ2v) is 6.97. The monoisotopic (exact) mass is 351 g/mol. The molecule has 0 aromatic heterocycles. The van der Waals surface area contributed by atoms with Crippen molar-refractivity contribution in [2.24, 2.45) is 0 Å². The molecule has 0 radical (unpaired) electrons. The van der Waals surface area contributed by atoms with Gasteiger partial charge in [-0.3, -0.25) is 9.59 Å². The number of nitrogens with one attached hydrogen (secondary N) is 1. The zero-order valence-electron chi connectivity index (χ0n) is 15.5. The maximum Gasteiger partial charge on any atom is 0.243 e. The molecule has 5 nitrogen and oxygen atoms in total. The van der Waals surface area contributed by atoms with Gasteiger partial charge < -0.3 is 15.1 Å². The van der Waals surface area contributed by atoms with Crippen molar-refractivity contribution in [3.05, 3.63) is 59.7 Å². The van der Waals surface area contributed by atoms with E-state index in [1.807, 2.05) is 43.3 Å². The first-order valence-electron chi connectivity index (χ1n) is 8.89. The van der Waals surface area contributed by atoms with E-state index in [1.165, 1.54) is 10.5 Å². The van der Waals surface area contributed by atoms with Crippen LogP contribution in [0, 0.1) is 6.92 Å². The summed E-state index contributed by atoms with van der Waals surface area (Å²) >= 11 is 0. The van der Waals surface area contributed by atoms with Crippen LogP contribution in [-0.2, 0) is 16.0 Å². The summed E-state index contributed by atoms with van der Waals surface area (Å²) in [6, 6.07) is 16.1. The van der Waals surface area contributed by atoms with Gasteiger partial charge in [-0.05, 0) is 44.0 Å². The normalized spacial score (nSPS) is 15.5. The Morgan fingerprint density at radius 3 is 2.58 bits per heavy atom. The lowest BCUT2D eigenvalue weighted by atomic mass is 10.1. The van der Waals surface area contributed by atoms with Crippen molar-refractivity contribution in [1.29, 1.82) is 0 Å². The smallest absolute Gasteiger partial charge is 0.243 e. The zero-order valence-corrected chi connectivity index (χ0v) is 15.5. The highest BCUT2D eigenvalue weighted by Gasteiger charge is 2.28. The average Bonchev–Trinajstić information content (AvgIpc) is 2.92. The summed E-state index contributed by atoms with van der Waals surface area (Å²) in [6.45, 7) is 4.44. The largest absolute Gasteiger partial charge is 0.359 e. The van der Waals surface area contributed by atoms with Crippen molar-refractivity contribution >= 4 is 23.2 Å². The second-order valence-electron chi connectivity index (χ2n) is 6.97. The third-order valence-electron chi connectivity index (χ3n) is 4.80. The summed E-state index contributed by atoms with van der Waals surface area (Å²) < 4.78 is 0. The van der Waals surface area contributed by atoms with Crippen LogP contribution in [0.3, 0.4) is 0 Å². The Kier molecular flexibility index (Phi) is 5.26. The van der Waals surface area contributed by atoms with Gasteiger partial charge in [-0.15, -0.1) is 0 Å². The molecule has 2 aromatic carbocycles. The van der Waals surface area contributed by atoms with Gasteiger partial charge in [-0.1, -0.05) is 35.9 Å². The van der Waals surface area contributed by atoms with E-state index >= 15 is 0 Å². The molecular weight excluding hydrogens is 326 g/mol. The van der Waals surface area contributed by atoms with Crippen LogP contribution in [0.15, 0.2) is 48.5 Å². The minimum absolute atomic E-state index is 0.0383. The molecule has 2 amide bonds. The molecule has 1 heterocycles. The number of likely N-dealkylation sites (N-methyl/N-ethyl adjacent to an activating group) is 1. The molecule has 26 heavy (non-hydrogen) atoms. The van der Waals surface area contributed by atoms with Gasteiger partial charge in [-0.2, -0.15) is 0 Å². The van der Waals surface area contributed by atoms with Crippen LogP contribution in [0.1, 0.15) is 18.1 Å². The molecule has 0 bridgehead atoms. The van der Waals surface area contributed by atoms with Gasteiger partial charge in [0.1, 0.15) is 0 Å². The molecule has 3 rings (SSSR count). The van der Waals surface area contributed by atoms with Gasteiger partial charge in [0, 0.05) is 24.5 Å². The van der Waals surface area contributed by atoms with Crippen LogP contribution in [-0.4, -0.2) is 42.9 Å². The number of aryl methyl sites for hydroxylation is 1. The van der Waals surface area contributed by atoms with Gasteiger partial charge in [-0.25, -0.2) is 0 Å². The summed E-state index contributed by atoms with van der Waals surface area (Å²) in [5, 5.41) is 2.83. The van der Waals surface area contributed by atoms with E-state index in [1.54, 1.807) is 7.05 Å². The van der Waals surface area contributed by atoms with Crippen molar-refractivity contribution in [3.8, 4) is 0 Å². The molecule has 2 aromatic rings. The molecule has 1 N–H and O–H groups in total. The Bertz CT molecular complexity index is 801. The maximum absolute atomic E-state index is 12.6. The number of fused-ring (bicyclic) bond motifs is 1. The number of benzene rings is 2. The number of anilines is 2. The topological polar surface area (TPSA) is 52.7 Å². The maximum atomic E-state index is 12.6. The number of amides is 2. The van der Waals surface area contributed by atoms with Gasteiger partial charge in [0.05, 0.1) is 13.1 Å². The number of hydrogen-bond acceptors (Lipinski definition) is 3. The molecule has 1 aliphatic heterocycles. The third kappa shape index (κ3) is 4.04. The van der Waals surface area contributed by atoms with E-state index in [9.17, 15) is 9.59 Å². The molecule has 0 spiro atoms. The molecule has 0 fully saturated rings. The SMILES string of the molecule is Cc1ccc(NC(=O)CN(C)C(=O)CN2c3ccccc3C[C@H]2C)cc1. The first-order chi connectivity index (χ1) is 12.4. The van der Waals surface area contributed by atoms with E-state index in [4.69, 9.17) is 0 Å². The Balaban J connectivity index is 1.56. The minimum Gasteiger partial charge on any atom is -0.359 e. The summed E-state index contributed by atoms with van der Waals surface area (Å²) in [6.07, 6.45) is 0.946. The number of para-hydroxylation sites is 1. The van der Waals surface area contributed by atoms with Crippen molar-refractivity contribution in [2.75, 3.05) is 30.4 Å². The highest BCUT2D eigenvalue weighted by atomic mass is 16.2. The standard InChI is InChI=1S/C21H25N3O2/c1-15-8-10-18(11-9-15)22-20(25)13-23(3)21(26)14-24-16(2)12-17-6-4-5-7-19(17)24/h4-11,16H,12-14H2,1-3H3,(H,22,25)/t16-/m1/s1. The van der Waals surface area contributed by atoms with Crippen molar-refractivity contribution in [2.45, 2.75) is 26.3 Å². The summed E-state index contributed by atoms with van der Waals surface area (Å²) in [4.78, 5) is 28.4. The lowest BCUT2D eigenvalue weighted by molar-refractivity contribution is -0.132. The van der Waals surface area contributed by atoms with Crippen molar-refractivity contribution < 1.29 is 9.59 Å². The number of carbonyl (C=O) groups is 2. The Labute approximate surface area is 154 Å².